The van der Waals surface area contributed by atoms with Crippen molar-refractivity contribution in [1.29, 1.82) is 0 Å². The molecule has 1 aromatic heterocycles. The van der Waals surface area contributed by atoms with Crippen molar-refractivity contribution in [3.63, 3.8) is 0 Å². The van der Waals surface area contributed by atoms with Crippen LogP contribution in [0.3, 0.4) is 0 Å². The molecule has 0 aliphatic carbocycles. The van der Waals surface area contributed by atoms with Crippen LogP contribution in [0.4, 0.5) is 0 Å². The highest BCUT2D eigenvalue weighted by atomic mass is 16.5. The largest absolute Gasteiger partial charge is 0.496 e. The molecule has 0 fully saturated rings. The van der Waals surface area contributed by atoms with Gasteiger partial charge in [0.1, 0.15) is 11.6 Å². The number of methoxy groups -OCH3 is 1. The smallest absolute Gasteiger partial charge is 0.140 e. The van der Waals surface area contributed by atoms with Gasteiger partial charge >= 0.3 is 0 Å². The highest BCUT2D eigenvalue weighted by molar-refractivity contribution is 5.55. The van der Waals surface area contributed by atoms with Crippen LogP contribution in [0.1, 0.15) is 36.6 Å². The van der Waals surface area contributed by atoms with Crippen molar-refractivity contribution in [1.82, 2.24) is 14.5 Å². The lowest BCUT2D eigenvalue weighted by Crippen LogP contribution is -2.27. The van der Waals surface area contributed by atoms with E-state index in [4.69, 9.17) is 9.72 Å². The second kappa shape index (κ2) is 12.2. The van der Waals surface area contributed by atoms with E-state index < -0.39 is 0 Å². The maximum Gasteiger partial charge on any atom is 0.140 e. The Labute approximate surface area is 203 Å². The first-order chi connectivity index (χ1) is 16.8. The minimum absolute atomic E-state index is 0.830. The van der Waals surface area contributed by atoms with Crippen molar-refractivity contribution < 1.29 is 4.74 Å². The van der Waals surface area contributed by atoms with Gasteiger partial charge in [-0.05, 0) is 24.5 Å². The molecule has 4 rings (SSSR count). The van der Waals surface area contributed by atoms with E-state index in [-0.39, 0.29) is 0 Å². The molecule has 0 aliphatic rings. The van der Waals surface area contributed by atoms with Gasteiger partial charge in [0.15, 0.2) is 0 Å². The molecule has 0 spiro atoms. The summed E-state index contributed by atoms with van der Waals surface area (Å²) in [6.45, 7) is 5.86. The molecule has 0 atom stereocenters. The SMILES string of the molecule is CCCCn1c(CN(CCc2ccccc2)Cc2ccccc2OC)cnc1-c1ccccc1. The Morgan fingerprint density at radius 2 is 1.56 bits per heavy atom. The summed E-state index contributed by atoms with van der Waals surface area (Å²) < 4.78 is 8.07. The molecule has 4 nitrogen and oxygen atoms in total. The highest BCUT2D eigenvalue weighted by Gasteiger charge is 2.16. The molecule has 0 amide bonds. The Morgan fingerprint density at radius 3 is 2.29 bits per heavy atom. The number of hydrogen-bond acceptors (Lipinski definition) is 3. The summed E-state index contributed by atoms with van der Waals surface area (Å²) in [5.74, 6) is 2.00. The molecule has 0 saturated carbocycles. The molecule has 0 unspecified atom stereocenters. The quantitative estimate of drug-likeness (QED) is 0.242. The molecular weight excluding hydrogens is 418 g/mol. The number of benzene rings is 3. The fraction of sp³-hybridized carbons (Fsp3) is 0.300. The first kappa shape index (κ1) is 23.8. The van der Waals surface area contributed by atoms with E-state index in [1.807, 2.05) is 12.1 Å². The second-order valence-corrected chi connectivity index (χ2v) is 8.70. The van der Waals surface area contributed by atoms with Gasteiger partial charge in [-0.15, -0.1) is 0 Å². The molecule has 0 saturated heterocycles. The predicted molar refractivity (Wildman–Crippen MR) is 140 cm³/mol. The minimum Gasteiger partial charge on any atom is -0.496 e. The summed E-state index contributed by atoms with van der Waals surface area (Å²) in [4.78, 5) is 7.38. The Morgan fingerprint density at radius 1 is 0.853 bits per heavy atom. The third-order valence-electron chi connectivity index (χ3n) is 6.24. The van der Waals surface area contributed by atoms with Crippen LogP contribution in [-0.4, -0.2) is 28.1 Å². The second-order valence-electron chi connectivity index (χ2n) is 8.70. The number of ether oxygens (including phenoxy) is 1. The zero-order valence-electron chi connectivity index (χ0n) is 20.4. The van der Waals surface area contributed by atoms with Crippen molar-refractivity contribution in [2.24, 2.45) is 0 Å². The zero-order valence-corrected chi connectivity index (χ0v) is 20.4. The molecule has 0 aliphatic heterocycles. The van der Waals surface area contributed by atoms with E-state index in [0.717, 1.165) is 57.0 Å². The topological polar surface area (TPSA) is 30.3 Å². The van der Waals surface area contributed by atoms with Gasteiger partial charge in [0, 0.05) is 37.3 Å². The number of aromatic nitrogens is 2. The van der Waals surface area contributed by atoms with Crippen LogP contribution >= 0.6 is 0 Å². The van der Waals surface area contributed by atoms with E-state index in [0.29, 0.717) is 0 Å². The first-order valence-electron chi connectivity index (χ1n) is 12.3. The number of nitrogens with zero attached hydrogens (tertiary/aromatic N) is 3. The molecule has 0 radical (unpaired) electrons. The van der Waals surface area contributed by atoms with Gasteiger partial charge in [0.05, 0.1) is 19.0 Å². The number of para-hydroxylation sites is 1. The molecule has 3 aromatic carbocycles. The van der Waals surface area contributed by atoms with Crippen molar-refractivity contribution >= 4 is 0 Å². The third kappa shape index (κ3) is 6.15. The van der Waals surface area contributed by atoms with Gasteiger partial charge in [-0.25, -0.2) is 4.98 Å². The van der Waals surface area contributed by atoms with Crippen LogP contribution < -0.4 is 4.74 Å². The number of hydrogen-bond donors (Lipinski definition) is 0. The van der Waals surface area contributed by atoms with Gasteiger partial charge in [-0.3, -0.25) is 4.90 Å². The third-order valence-corrected chi connectivity index (χ3v) is 6.24. The van der Waals surface area contributed by atoms with Crippen LogP contribution in [-0.2, 0) is 26.1 Å². The lowest BCUT2D eigenvalue weighted by molar-refractivity contribution is 0.249. The van der Waals surface area contributed by atoms with E-state index >= 15 is 0 Å². The normalized spacial score (nSPS) is 11.1. The zero-order chi connectivity index (χ0) is 23.6. The summed E-state index contributed by atoms with van der Waals surface area (Å²) in [5, 5.41) is 0. The van der Waals surface area contributed by atoms with Crippen LogP contribution in [0.25, 0.3) is 11.4 Å². The fourth-order valence-corrected chi connectivity index (χ4v) is 4.37. The molecule has 34 heavy (non-hydrogen) atoms. The highest BCUT2D eigenvalue weighted by Crippen LogP contribution is 2.24. The van der Waals surface area contributed by atoms with Crippen LogP contribution in [0, 0.1) is 0 Å². The Bertz CT molecular complexity index is 1140. The first-order valence-corrected chi connectivity index (χ1v) is 12.3. The maximum absolute atomic E-state index is 5.65. The number of rotatable bonds is 12. The molecule has 1 heterocycles. The number of unbranched alkanes of at least 4 members (excludes halogenated alkanes) is 1. The molecule has 176 valence electrons. The van der Waals surface area contributed by atoms with E-state index in [1.54, 1.807) is 7.11 Å². The standard InChI is InChI=1S/C30H35N3O/c1-3-4-20-33-28(22-31-30(33)26-15-9-6-10-16-26)24-32(21-19-25-13-7-5-8-14-25)23-27-17-11-12-18-29(27)34-2/h5-18,22H,3-4,19-21,23-24H2,1-2H3. The number of imidazole rings is 1. The van der Waals surface area contributed by atoms with Crippen LogP contribution in [0.5, 0.6) is 5.75 Å². The molecule has 0 N–H and O–H groups in total. The fourth-order valence-electron chi connectivity index (χ4n) is 4.37. The molecule has 4 aromatic rings. The van der Waals surface area contributed by atoms with Gasteiger partial charge in [-0.2, -0.15) is 0 Å². The summed E-state index contributed by atoms with van der Waals surface area (Å²) in [5.41, 5.74) is 5.00. The van der Waals surface area contributed by atoms with Crippen molar-refractivity contribution in [3.8, 4) is 17.1 Å². The Balaban J connectivity index is 1.61. The van der Waals surface area contributed by atoms with Crippen LogP contribution in [0.15, 0.2) is 91.1 Å². The molecule has 4 heteroatoms. The lowest BCUT2D eigenvalue weighted by Gasteiger charge is -2.24. The summed E-state index contributed by atoms with van der Waals surface area (Å²) >= 11 is 0. The van der Waals surface area contributed by atoms with Gasteiger partial charge in [0.2, 0.25) is 0 Å². The van der Waals surface area contributed by atoms with E-state index in [2.05, 4.69) is 95.4 Å². The van der Waals surface area contributed by atoms with E-state index in [1.165, 1.54) is 22.4 Å². The average molecular weight is 454 g/mol. The maximum atomic E-state index is 5.65. The minimum atomic E-state index is 0.830. The van der Waals surface area contributed by atoms with Crippen molar-refractivity contribution in [3.05, 3.63) is 108 Å². The molecule has 0 bridgehead atoms. The summed E-state index contributed by atoms with van der Waals surface area (Å²) in [6.07, 6.45) is 5.37. The lowest BCUT2D eigenvalue weighted by atomic mass is 10.1. The predicted octanol–water partition coefficient (Wildman–Crippen LogP) is 6.60. The van der Waals surface area contributed by atoms with Crippen molar-refractivity contribution in [2.45, 2.75) is 45.8 Å². The van der Waals surface area contributed by atoms with Gasteiger partial charge in [-0.1, -0.05) is 92.2 Å². The van der Waals surface area contributed by atoms with E-state index in [9.17, 15) is 0 Å². The van der Waals surface area contributed by atoms with Crippen LogP contribution in [0.2, 0.25) is 0 Å². The van der Waals surface area contributed by atoms with Gasteiger partial charge < -0.3 is 9.30 Å². The average Bonchev–Trinajstić information content (AvgIpc) is 3.29. The summed E-state index contributed by atoms with van der Waals surface area (Å²) in [7, 11) is 1.75. The Kier molecular flexibility index (Phi) is 8.53. The summed E-state index contributed by atoms with van der Waals surface area (Å²) in [6, 6.07) is 29.6. The molecular formula is C30H35N3O. The van der Waals surface area contributed by atoms with Crippen molar-refractivity contribution in [2.75, 3.05) is 13.7 Å². The monoisotopic (exact) mass is 453 g/mol. The van der Waals surface area contributed by atoms with Gasteiger partial charge in [0.25, 0.3) is 0 Å². The Hall–Kier alpha value is -3.37.